The minimum absolute atomic E-state index is 0.0350. The van der Waals surface area contributed by atoms with Crippen LogP contribution in [0.5, 0.6) is 0 Å². The zero-order chi connectivity index (χ0) is 28.6. The number of ketones is 1. The van der Waals surface area contributed by atoms with Crippen molar-refractivity contribution in [1.29, 1.82) is 0 Å². The Kier molecular flexibility index (Phi) is 8.20. The van der Waals surface area contributed by atoms with Crippen molar-refractivity contribution in [3.8, 4) is 0 Å². The third kappa shape index (κ3) is 6.18. The number of likely N-dealkylation sites (tertiary alicyclic amines) is 1. The Bertz CT molecular complexity index is 1240. The number of alkyl halides is 2. The van der Waals surface area contributed by atoms with Gasteiger partial charge in [0, 0.05) is 48.6 Å². The highest BCUT2D eigenvalue weighted by molar-refractivity contribution is 5.75. The Morgan fingerprint density at radius 2 is 1.85 bits per heavy atom. The van der Waals surface area contributed by atoms with Gasteiger partial charge in [-0.1, -0.05) is 12.1 Å². The van der Waals surface area contributed by atoms with E-state index in [9.17, 15) is 18.4 Å². The van der Waals surface area contributed by atoms with E-state index in [4.69, 9.17) is 9.84 Å². The topological polar surface area (TPSA) is 67.7 Å². The second-order valence-electron chi connectivity index (χ2n) is 12.7. The molecule has 5 rings (SSSR count). The fraction of sp³-hybridized carbons (Fsp3) is 0.645. The summed E-state index contributed by atoms with van der Waals surface area (Å²) >= 11 is 0. The number of carbonyl (C=O) groups is 2. The molecule has 1 aromatic carbocycles. The summed E-state index contributed by atoms with van der Waals surface area (Å²) in [7, 11) is 0. The van der Waals surface area contributed by atoms with Crippen LogP contribution in [0, 0.1) is 5.92 Å². The minimum atomic E-state index is -2.52. The van der Waals surface area contributed by atoms with Gasteiger partial charge < -0.3 is 19.3 Å². The molecule has 1 fully saturated rings. The zero-order valence-corrected chi connectivity index (χ0v) is 24.2. The molecular weight excluding hydrogens is 514 g/mol. The van der Waals surface area contributed by atoms with Crippen molar-refractivity contribution in [1.82, 2.24) is 14.7 Å². The SMILES string of the molecule is CC(=O)CCC1CCc2c(c(N3CCCc4ccc(C(F)F)cc43)nn2C2CCN(C(=O)OC(C)(C)C)CC2)C1. The number of benzene rings is 1. The minimum Gasteiger partial charge on any atom is -0.444 e. The molecule has 7 nitrogen and oxygen atoms in total. The average molecular weight is 557 g/mol. The van der Waals surface area contributed by atoms with Gasteiger partial charge >= 0.3 is 6.09 Å². The van der Waals surface area contributed by atoms with Gasteiger partial charge in [-0.25, -0.2) is 13.6 Å². The first-order chi connectivity index (χ1) is 19.0. The fourth-order valence-electron chi connectivity index (χ4n) is 6.44. The number of carbonyl (C=O) groups excluding carboxylic acids is 2. The second kappa shape index (κ2) is 11.5. The summed E-state index contributed by atoms with van der Waals surface area (Å²) in [6.07, 6.45) is 4.75. The highest BCUT2D eigenvalue weighted by Gasteiger charge is 2.35. The van der Waals surface area contributed by atoms with Gasteiger partial charge in [0.2, 0.25) is 0 Å². The van der Waals surface area contributed by atoms with Crippen LogP contribution in [0.15, 0.2) is 18.2 Å². The quantitative estimate of drug-likeness (QED) is 0.385. The summed E-state index contributed by atoms with van der Waals surface area (Å²) in [5.74, 6) is 1.49. The molecule has 1 saturated heterocycles. The van der Waals surface area contributed by atoms with Crippen LogP contribution in [0.3, 0.4) is 0 Å². The van der Waals surface area contributed by atoms with E-state index in [2.05, 4.69) is 9.58 Å². The van der Waals surface area contributed by atoms with Crippen molar-refractivity contribution < 1.29 is 23.1 Å². The molecule has 1 amide bonds. The van der Waals surface area contributed by atoms with Gasteiger partial charge in [0.1, 0.15) is 11.4 Å². The number of aryl methyl sites for hydroxylation is 1. The molecule has 1 aromatic heterocycles. The number of aromatic nitrogens is 2. The Morgan fingerprint density at radius 1 is 1.10 bits per heavy atom. The Hall–Kier alpha value is -2.97. The highest BCUT2D eigenvalue weighted by atomic mass is 19.3. The lowest BCUT2D eigenvalue weighted by Gasteiger charge is -2.34. The van der Waals surface area contributed by atoms with Gasteiger partial charge in [0.25, 0.3) is 6.43 Å². The molecule has 0 saturated carbocycles. The standard InChI is InChI=1S/C31H42F2N4O3/c1-20(38)7-8-21-9-12-26-25(18-21)29(36-15-5-6-22-10-11-23(28(32)33)19-27(22)36)34-37(26)24-13-16-35(17-14-24)30(39)40-31(2,3)4/h10-11,19,21,24,28H,5-9,12-18H2,1-4H3. The van der Waals surface area contributed by atoms with E-state index in [0.717, 1.165) is 75.0 Å². The number of amides is 1. The van der Waals surface area contributed by atoms with E-state index in [1.54, 1.807) is 17.9 Å². The molecular formula is C31H42F2N4O3. The summed E-state index contributed by atoms with van der Waals surface area (Å²) < 4.78 is 35.1. The molecule has 0 spiro atoms. The van der Waals surface area contributed by atoms with Crippen LogP contribution in [0.25, 0.3) is 0 Å². The number of ether oxygens (including phenoxy) is 1. The number of anilines is 2. The van der Waals surface area contributed by atoms with E-state index in [1.807, 2.05) is 26.8 Å². The van der Waals surface area contributed by atoms with Crippen molar-refractivity contribution in [2.24, 2.45) is 5.92 Å². The summed E-state index contributed by atoms with van der Waals surface area (Å²) in [6, 6.07) is 5.18. The lowest BCUT2D eigenvalue weighted by atomic mass is 9.83. The van der Waals surface area contributed by atoms with E-state index < -0.39 is 12.0 Å². The first-order valence-corrected chi connectivity index (χ1v) is 14.8. The van der Waals surface area contributed by atoms with Gasteiger partial charge in [-0.2, -0.15) is 5.10 Å². The average Bonchev–Trinajstić information content (AvgIpc) is 3.29. The van der Waals surface area contributed by atoms with Crippen molar-refractivity contribution in [3.05, 3.63) is 40.6 Å². The van der Waals surface area contributed by atoms with Crippen LogP contribution < -0.4 is 4.90 Å². The smallest absolute Gasteiger partial charge is 0.410 e. The number of fused-ring (bicyclic) bond motifs is 2. The summed E-state index contributed by atoms with van der Waals surface area (Å²) in [5.41, 5.74) is 3.84. The second-order valence-corrected chi connectivity index (χ2v) is 12.7. The number of hydrogen-bond acceptors (Lipinski definition) is 5. The molecule has 9 heteroatoms. The number of hydrogen-bond donors (Lipinski definition) is 0. The van der Waals surface area contributed by atoms with Gasteiger partial charge in [-0.15, -0.1) is 0 Å². The maximum absolute atomic E-state index is 13.7. The van der Waals surface area contributed by atoms with Crippen molar-refractivity contribution >= 4 is 23.4 Å². The highest BCUT2D eigenvalue weighted by Crippen LogP contribution is 2.42. The number of piperidine rings is 1. The normalized spacial score (nSPS) is 19.9. The molecule has 40 heavy (non-hydrogen) atoms. The van der Waals surface area contributed by atoms with Crippen molar-refractivity contribution in [3.63, 3.8) is 0 Å². The van der Waals surface area contributed by atoms with Gasteiger partial charge in [0.15, 0.2) is 5.82 Å². The first kappa shape index (κ1) is 28.6. The molecule has 0 N–H and O–H groups in total. The Balaban J connectivity index is 1.45. The van der Waals surface area contributed by atoms with E-state index in [-0.39, 0.29) is 23.5 Å². The number of halogens is 2. The largest absolute Gasteiger partial charge is 0.444 e. The summed E-state index contributed by atoms with van der Waals surface area (Å²) in [6.45, 7) is 9.22. The zero-order valence-electron chi connectivity index (χ0n) is 24.2. The lowest BCUT2D eigenvalue weighted by molar-refractivity contribution is -0.117. The van der Waals surface area contributed by atoms with Crippen LogP contribution in [-0.4, -0.2) is 51.8 Å². The maximum Gasteiger partial charge on any atom is 0.410 e. The lowest BCUT2D eigenvalue weighted by Crippen LogP contribution is -2.42. The van der Waals surface area contributed by atoms with Crippen molar-refractivity contribution in [2.75, 3.05) is 24.5 Å². The van der Waals surface area contributed by atoms with Gasteiger partial charge in [-0.05, 0) is 96.6 Å². The van der Waals surface area contributed by atoms with Crippen LogP contribution >= 0.6 is 0 Å². The summed E-state index contributed by atoms with van der Waals surface area (Å²) in [5, 5.41) is 5.23. The summed E-state index contributed by atoms with van der Waals surface area (Å²) in [4.78, 5) is 28.3. The predicted molar refractivity (Wildman–Crippen MR) is 150 cm³/mol. The number of rotatable bonds is 6. The van der Waals surface area contributed by atoms with E-state index in [1.165, 1.54) is 17.3 Å². The third-order valence-electron chi connectivity index (χ3n) is 8.48. The number of nitrogens with zero attached hydrogens (tertiary/aromatic N) is 4. The molecule has 218 valence electrons. The van der Waals surface area contributed by atoms with Gasteiger partial charge in [0.05, 0.1) is 6.04 Å². The number of Topliss-reactive ketones (excluding diaryl/α,β-unsaturated/α-hetero) is 1. The fourth-order valence-corrected chi connectivity index (χ4v) is 6.44. The third-order valence-corrected chi connectivity index (χ3v) is 8.48. The van der Waals surface area contributed by atoms with Crippen LogP contribution in [0.1, 0.15) is 101 Å². The van der Waals surface area contributed by atoms with Gasteiger partial charge in [-0.3, -0.25) is 4.68 Å². The Labute approximate surface area is 235 Å². The molecule has 1 unspecified atom stereocenters. The predicted octanol–water partition coefficient (Wildman–Crippen LogP) is 6.95. The molecule has 0 bridgehead atoms. The molecule has 2 aromatic rings. The Morgan fingerprint density at radius 3 is 2.52 bits per heavy atom. The maximum atomic E-state index is 13.7. The van der Waals surface area contributed by atoms with Crippen LogP contribution in [-0.2, 0) is 28.8 Å². The van der Waals surface area contributed by atoms with E-state index in [0.29, 0.717) is 25.4 Å². The molecule has 2 aliphatic heterocycles. The monoisotopic (exact) mass is 556 g/mol. The van der Waals surface area contributed by atoms with Crippen molar-refractivity contribution in [2.45, 2.75) is 104 Å². The van der Waals surface area contributed by atoms with E-state index >= 15 is 0 Å². The molecule has 1 atom stereocenters. The van der Waals surface area contributed by atoms with Crippen LogP contribution in [0.4, 0.5) is 25.1 Å². The first-order valence-electron chi connectivity index (χ1n) is 14.8. The molecule has 3 heterocycles. The molecule has 1 aliphatic carbocycles. The molecule has 0 radical (unpaired) electrons. The molecule has 3 aliphatic rings. The van der Waals surface area contributed by atoms with Crippen LogP contribution in [0.2, 0.25) is 0 Å².